The summed E-state index contributed by atoms with van der Waals surface area (Å²) in [6, 6.07) is 8.55. The van der Waals surface area contributed by atoms with E-state index < -0.39 is 0 Å². The Morgan fingerprint density at radius 1 is 1.20 bits per heavy atom. The standard InChI is InChI=1S/C13H13ClN4O2/c1-8(19)15-12-5-6-13(18-17-12)16-10-7-9(14)3-4-11(10)20-2/h3-7H,1-2H3,(H,16,18)(H,15,17,19). The lowest BCUT2D eigenvalue weighted by molar-refractivity contribution is -0.114. The molecule has 1 aromatic heterocycles. The van der Waals surface area contributed by atoms with E-state index in [1.807, 2.05) is 0 Å². The summed E-state index contributed by atoms with van der Waals surface area (Å²) in [5.41, 5.74) is 0.682. The normalized spacial score (nSPS) is 9.95. The molecule has 7 heteroatoms. The zero-order valence-corrected chi connectivity index (χ0v) is 11.7. The van der Waals surface area contributed by atoms with Crippen LogP contribution in [-0.2, 0) is 4.79 Å². The molecule has 0 fully saturated rings. The van der Waals surface area contributed by atoms with Gasteiger partial charge >= 0.3 is 0 Å². The Kier molecular flexibility index (Phi) is 4.37. The first-order chi connectivity index (χ1) is 9.58. The van der Waals surface area contributed by atoms with E-state index in [0.717, 1.165) is 0 Å². The quantitative estimate of drug-likeness (QED) is 0.906. The van der Waals surface area contributed by atoms with Crippen LogP contribution in [0.1, 0.15) is 6.92 Å². The second-order valence-electron chi connectivity index (χ2n) is 3.95. The third kappa shape index (κ3) is 3.58. The molecule has 1 heterocycles. The van der Waals surface area contributed by atoms with E-state index in [0.29, 0.717) is 28.1 Å². The highest BCUT2D eigenvalue weighted by Crippen LogP contribution is 2.29. The molecule has 2 N–H and O–H groups in total. The first-order valence-electron chi connectivity index (χ1n) is 5.80. The van der Waals surface area contributed by atoms with Gasteiger partial charge in [0.1, 0.15) is 5.75 Å². The van der Waals surface area contributed by atoms with Crippen molar-refractivity contribution in [3.05, 3.63) is 35.4 Å². The second-order valence-corrected chi connectivity index (χ2v) is 4.39. The highest BCUT2D eigenvalue weighted by atomic mass is 35.5. The topological polar surface area (TPSA) is 76.1 Å². The largest absolute Gasteiger partial charge is 0.495 e. The third-order valence-electron chi connectivity index (χ3n) is 2.39. The molecule has 2 rings (SSSR count). The maximum atomic E-state index is 10.9. The molecule has 0 atom stereocenters. The van der Waals surface area contributed by atoms with E-state index in [1.165, 1.54) is 6.92 Å². The Hall–Kier alpha value is -2.34. The van der Waals surface area contributed by atoms with Crippen LogP contribution in [0.3, 0.4) is 0 Å². The molecule has 0 aliphatic carbocycles. The SMILES string of the molecule is COc1ccc(Cl)cc1Nc1ccc(NC(C)=O)nn1. The predicted molar refractivity (Wildman–Crippen MR) is 77.6 cm³/mol. The van der Waals surface area contributed by atoms with Crippen molar-refractivity contribution in [3.8, 4) is 5.75 Å². The molecule has 1 amide bonds. The van der Waals surface area contributed by atoms with Gasteiger partial charge in [0.2, 0.25) is 5.91 Å². The Morgan fingerprint density at radius 3 is 2.50 bits per heavy atom. The molecule has 0 spiro atoms. The lowest BCUT2D eigenvalue weighted by atomic mass is 10.3. The Labute approximate surface area is 121 Å². The Morgan fingerprint density at radius 2 is 1.90 bits per heavy atom. The van der Waals surface area contributed by atoms with Crippen molar-refractivity contribution in [1.29, 1.82) is 0 Å². The van der Waals surface area contributed by atoms with Gasteiger partial charge in [-0.15, -0.1) is 10.2 Å². The molecule has 2 aromatic rings. The maximum Gasteiger partial charge on any atom is 0.222 e. The summed E-state index contributed by atoms with van der Waals surface area (Å²) in [5.74, 6) is 1.35. The average Bonchev–Trinajstić information content (AvgIpc) is 2.41. The smallest absolute Gasteiger partial charge is 0.222 e. The zero-order chi connectivity index (χ0) is 14.5. The fourth-order valence-corrected chi connectivity index (χ4v) is 1.73. The van der Waals surface area contributed by atoms with Gasteiger partial charge in [-0.05, 0) is 30.3 Å². The van der Waals surface area contributed by atoms with E-state index in [9.17, 15) is 4.79 Å². The van der Waals surface area contributed by atoms with Crippen LogP contribution >= 0.6 is 11.6 Å². The van der Waals surface area contributed by atoms with E-state index >= 15 is 0 Å². The number of halogens is 1. The van der Waals surface area contributed by atoms with Gasteiger partial charge < -0.3 is 15.4 Å². The summed E-state index contributed by atoms with van der Waals surface area (Å²) in [5, 5.41) is 14.0. The number of methoxy groups -OCH3 is 1. The number of benzene rings is 1. The van der Waals surface area contributed by atoms with Crippen molar-refractivity contribution in [1.82, 2.24) is 10.2 Å². The molecule has 0 saturated heterocycles. The minimum atomic E-state index is -0.198. The van der Waals surface area contributed by atoms with Crippen molar-refractivity contribution >= 4 is 34.8 Å². The van der Waals surface area contributed by atoms with E-state index in [1.54, 1.807) is 37.4 Å². The molecule has 20 heavy (non-hydrogen) atoms. The highest BCUT2D eigenvalue weighted by molar-refractivity contribution is 6.31. The fourth-order valence-electron chi connectivity index (χ4n) is 1.56. The summed E-state index contributed by atoms with van der Waals surface area (Å²) in [6.07, 6.45) is 0. The second kappa shape index (κ2) is 6.21. The number of rotatable bonds is 4. The summed E-state index contributed by atoms with van der Waals surface area (Å²) in [7, 11) is 1.57. The number of amides is 1. The van der Waals surface area contributed by atoms with Gasteiger partial charge in [0, 0.05) is 11.9 Å². The molecule has 0 radical (unpaired) electrons. The van der Waals surface area contributed by atoms with Crippen molar-refractivity contribution in [2.24, 2.45) is 0 Å². The summed E-state index contributed by atoms with van der Waals surface area (Å²) < 4.78 is 5.22. The molecule has 0 aliphatic rings. The van der Waals surface area contributed by atoms with Gasteiger partial charge in [-0.1, -0.05) is 11.6 Å². The van der Waals surface area contributed by atoms with E-state index in [4.69, 9.17) is 16.3 Å². The van der Waals surface area contributed by atoms with Crippen LogP contribution in [0.4, 0.5) is 17.3 Å². The molecular weight excluding hydrogens is 280 g/mol. The lowest BCUT2D eigenvalue weighted by Gasteiger charge is -2.10. The number of ether oxygens (including phenoxy) is 1. The van der Waals surface area contributed by atoms with Crippen LogP contribution in [0.25, 0.3) is 0 Å². The summed E-state index contributed by atoms with van der Waals surface area (Å²) in [6.45, 7) is 1.41. The third-order valence-corrected chi connectivity index (χ3v) is 2.63. The van der Waals surface area contributed by atoms with Crippen LogP contribution in [0.2, 0.25) is 5.02 Å². The molecular formula is C13H13ClN4O2. The zero-order valence-electron chi connectivity index (χ0n) is 11.0. The van der Waals surface area contributed by atoms with Crippen molar-refractivity contribution in [3.63, 3.8) is 0 Å². The number of hydrogen-bond donors (Lipinski definition) is 2. The lowest BCUT2D eigenvalue weighted by Crippen LogP contribution is -2.08. The molecule has 6 nitrogen and oxygen atoms in total. The number of hydrogen-bond acceptors (Lipinski definition) is 5. The number of nitrogens with one attached hydrogen (secondary N) is 2. The molecule has 104 valence electrons. The van der Waals surface area contributed by atoms with Gasteiger partial charge in [-0.25, -0.2) is 0 Å². The van der Waals surface area contributed by atoms with Crippen LogP contribution in [0.5, 0.6) is 5.75 Å². The van der Waals surface area contributed by atoms with Gasteiger partial charge in [0.05, 0.1) is 12.8 Å². The van der Waals surface area contributed by atoms with Crippen LogP contribution in [-0.4, -0.2) is 23.2 Å². The minimum Gasteiger partial charge on any atom is -0.495 e. The predicted octanol–water partition coefficient (Wildman–Crippen LogP) is 2.84. The van der Waals surface area contributed by atoms with E-state index in [-0.39, 0.29) is 5.91 Å². The molecule has 0 bridgehead atoms. The summed E-state index contributed by atoms with van der Waals surface area (Å²) in [4.78, 5) is 10.9. The molecule has 0 unspecified atom stereocenters. The van der Waals surface area contributed by atoms with E-state index in [2.05, 4.69) is 20.8 Å². The van der Waals surface area contributed by atoms with Gasteiger partial charge in [-0.2, -0.15) is 0 Å². The number of nitrogens with zero attached hydrogens (tertiary/aromatic N) is 2. The molecule has 1 aromatic carbocycles. The molecule has 0 saturated carbocycles. The number of anilines is 3. The molecule has 0 aliphatic heterocycles. The van der Waals surface area contributed by atoms with Gasteiger partial charge in [0.25, 0.3) is 0 Å². The average molecular weight is 293 g/mol. The van der Waals surface area contributed by atoms with Crippen molar-refractivity contribution in [2.45, 2.75) is 6.92 Å². The van der Waals surface area contributed by atoms with Crippen molar-refractivity contribution < 1.29 is 9.53 Å². The Balaban J connectivity index is 2.17. The number of aromatic nitrogens is 2. The van der Waals surface area contributed by atoms with Crippen LogP contribution in [0.15, 0.2) is 30.3 Å². The minimum absolute atomic E-state index is 0.198. The maximum absolute atomic E-state index is 10.9. The Bertz CT molecular complexity index is 616. The van der Waals surface area contributed by atoms with Crippen molar-refractivity contribution in [2.75, 3.05) is 17.7 Å². The number of carbonyl (C=O) groups excluding carboxylic acids is 1. The number of carbonyl (C=O) groups is 1. The summed E-state index contributed by atoms with van der Waals surface area (Å²) >= 11 is 5.94. The first kappa shape index (κ1) is 14.1. The van der Waals surface area contributed by atoms with Gasteiger partial charge in [0.15, 0.2) is 11.6 Å². The van der Waals surface area contributed by atoms with Crippen LogP contribution in [0, 0.1) is 0 Å². The first-order valence-corrected chi connectivity index (χ1v) is 6.18. The van der Waals surface area contributed by atoms with Gasteiger partial charge in [-0.3, -0.25) is 4.79 Å². The monoisotopic (exact) mass is 292 g/mol. The van der Waals surface area contributed by atoms with Crippen LogP contribution < -0.4 is 15.4 Å². The highest BCUT2D eigenvalue weighted by Gasteiger charge is 2.06. The fraction of sp³-hybridized carbons (Fsp3) is 0.154.